The van der Waals surface area contributed by atoms with E-state index in [1.165, 1.54) is 0 Å². The number of hydrogen-bond donors (Lipinski definition) is 0. The van der Waals surface area contributed by atoms with E-state index in [9.17, 15) is 9.70 Å². The molecule has 2 aromatic rings. The van der Waals surface area contributed by atoms with Crippen molar-refractivity contribution in [2.24, 2.45) is 5.18 Å². The van der Waals surface area contributed by atoms with Crippen LogP contribution in [0.15, 0.2) is 27.8 Å². The van der Waals surface area contributed by atoms with Gasteiger partial charge in [0.15, 0.2) is 0 Å². The van der Waals surface area contributed by atoms with Gasteiger partial charge in [-0.05, 0) is 5.83 Å². The molecule has 2 heterocycles. The van der Waals surface area contributed by atoms with Crippen LogP contribution in [-0.4, -0.2) is 32.7 Å². The summed E-state index contributed by atoms with van der Waals surface area (Å²) in [4.78, 5) is 25.7. The standard InChI is InChI=1S/C13H15N2O2SSe.CH3Br/c1-9-11(5-6-14-17)18-8-15(9)10(2)13(16)12-4-3-7-19-12;1-2/h3-4,7-8,10H,5-6H2,1-2H3;1H3/q+1;. The summed E-state index contributed by atoms with van der Waals surface area (Å²) in [5.74, 6) is 2.00. The van der Waals surface area contributed by atoms with Gasteiger partial charge in [-0.3, -0.25) is 0 Å². The van der Waals surface area contributed by atoms with Crippen molar-refractivity contribution in [2.75, 3.05) is 12.4 Å². The van der Waals surface area contributed by atoms with Crippen LogP contribution in [0.2, 0.25) is 0 Å². The van der Waals surface area contributed by atoms with Crippen molar-refractivity contribution < 1.29 is 9.36 Å². The molecule has 0 N–H and O–H groups in total. The quantitative estimate of drug-likeness (QED) is 0.229. The summed E-state index contributed by atoms with van der Waals surface area (Å²) in [5.41, 5.74) is 3.03. The molecule has 0 radical (unpaired) electrons. The number of Topliss-reactive ketones (excluding diaryl/α,β-unsaturated/α-hetero) is 1. The Morgan fingerprint density at radius 3 is 2.81 bits per heavy atom. The molecule has 1 unspecified atom stereocenters. The van der Waals surface area contributed by atoms with Gasteiger partial charge in [0, 0.05) is 0 Å². The Bertz CT molecular complexity index is 584. The minimum atomic E-state index is -0.179. The molecule has 114 valence electrons. The first kappa shape index (κ1) is 18.4. The van der Waals surface area contributed by atoms with Gasteiger partial charge in [0.1, 0.15) is 0 Å². The molecule has 0 amide bonds. The van der Waals surface area contributed by atoms with Gasteiger partial charge >= 0.3 is 122 Å². The maximum absolute atomic E-state index is 12.3. The molecule has 4 nitrogen and oxygen atoms in total. The molecule has 0 bridgehead atoms. The molecular weight excluding hydrogens is 419 g/mol. The third-order valence-electron chi connectivity index (χ3n) is 3.09. The number of alkyl halides is 1. The molecule has 0 aliphatic carbocycles. The average molecular weight is 437 g/mol. The van der Waals surface area contributed by atoms with E-state index in [-0.39, 0.29) is 26.3 Å². The molecule has 0 fully saturated rings. The van der Waals surface area contributed by atoms with Crippen LogP contribution < -0.4 is 4.57 Å². The van der Waals surface area contributed by atoms with E-state index in [1.807, 2.05) is 41.9 Å². The van der Waals surface area contributed by atoms with E-state index >= 15 is 0 Å². The molecule has 2 aromatic heterocycles. The second kappa shape index (κ2) is 9.41. The Morgan fingerprint density at radius 1 is 1.52 bits per heavy atom. The number of nitroso groups, excluding NO2 is 1. The molecule has 0 saturated heterocycles. The van der Waals surface area contributed by atoms with Crippen LogP contribution in [0, 0.1) is 11.8 Å². The molecule has 0 aromatic carbocycles. The number of nitrogens with zero attached hydrogens (tertiary/aromatic N) is 2. The zero-order valence-corrected chi connectivity index (χ0v) is 16.3. The predicted octanol–water partition coefficient (Wildman–Crippen LogP) is 3.16. The molecule has 21 heavy (non-hydrogen) atoms. The van der Waals surface area contributed by atoms with Gasteiger partial charge in [0.2, 0.25) is 0 Å². The van der Waals surface area contributed by atoms with E-state index in [2.05, 4.69) is 26.0 Å². The van der Waals surface area contributed by atoms with Gasteiger partial charge in [0.05, 0.1) is 0 Å². The molecule has 1 atom stereocenters. The third-order valence-corrected chi connectivity index (χ3v) is 6.06. The fourth-order valence-corrected chi connectivity index (χ4v) is 4.58. The molecular formula is C14H18BrN2O2SSe+. The normalized spacial score (nSPS) is 11.4. The molecule has 0 spiro atoms. The fourth-order valence-electron chi connectivity index (χ4n) is 1.95. The summed E-state index contributed by atoms with van der Waals surface area (Å²) in [6.07, 6.45) is 0.655. The monoisotopic (exact) mass is 437 g/mol. The first-order valence-electron chi connectivity index (χ1n) is 6.38. The second-order valence-corrected chi connectivity index (χ2v) is 7.19. The summed E-state index contributed by atoms with van der Waals surface area (Å²) in [5, 5.41) is 2.89. The minimum absolute atomic E-state index is 0.179. The number of rotatable bonds is 6. The van der Waals surface area contributed by atoms with E-state index in [0.29, 0.717) is 13.0 Å². The molecule has 0 aliphatic rings. The van der Waals surface area contributed by atoms with Crippen molar-refractivity contribution in [3.63, 3.8) is 0 Å². The predicted molar refractivity (Wildman–Crippen MR) is 90.9 cm³/mol. The van der Waals surface area contributed by atoms with Crippen molar-refractivity contribution in [3.8, 4) is 0 Å². The van der Waals surface area contributed by atoms with Crippen LogP contribution in [0.4, 0.5) is 0 Å². The summed E-state index contributed by atoms with van der Waals surface area (Å²) >= 11 is 4.70. The van der Waals surface area contributed by atoms with Crippen LogP contribution in [0.3, 0.4) is 0 Å². The number of carbonyl (C=O) groups is 1. The Kier molecular flexibility index (Phi) is 8.26. The summed E-state index contributed by atoms with van der Waals surface area (Å²) in [6, 6.07) is 3.69. The van der Waals surface area contributed by atoms with Gasteiger partial charge in [-0.2, -0.15) is 0 Å². The zero-order chi connectivity index (χ0) is 15.8. The van der Waals surface area contributed by atoms with E-state index in [4.69, 9.17) is 0 Å². The Hall–Kier alpha value is -0.621. The number of thiazole rings is 1. The molecule has 0 aliphatic heterocycles. The number of hydrogen-bond acceptors (Lipinski definition) is 4. The maximum atomic E-state index is 12.3. The zero-order valence-electron chi connectivity index (χ0n) is 12.2. The van der Waals surface area contributed by atoms with Crippen molar-refractivity contribution in [1.82, 2.24) is 0 Å². The summed E-state index contributed by atoms with van der Waals surface area (Å²) in [7, 11) is 0. The van der Waals surface area contributed by atoms with Gasteiger partial charge in [-0.15, -0.1) is 0 Å². The van der Waals surface area contributed by atoms with Crippen LogP contribution in [0.1, 0.15) is 32.8 Å². The van der Waals surface area contributed by atoms with Crippen molar-refractivity contribution in [2.45, 2.75) is 26.3 Å². The summed E-state index contributed by atoms with van der Waals surface area (Å²) < 4.78 is 2.93. The second-order valence-electron chi connectivity index (χ2n) is 4.26. The Morgan fingerprint density at radius 2 is 2.24 bits per heavy atom. The Balaban J connectivity index is 0.00000106. The van der Waals surface area contributed by atoms with E-state index in [1.54, 1.807) is 11.3 Å². The van der Waals surface area contributed by atoms with Gasteiger partial charge in [0.25, 0.3) is 0 Å². The van der Waals surface area contributed by atoms with Crippen molar-refractivity contribution in [3.05, 3.63) is 42.5 Å². The van der Waals surface area contributed by atoms with Gasteiger partial charge in [-0.1, -0.05) is 15.9 Å². The van der Waals surface area contributed by atoms with Crippen LogP contribution in [0.5, 0.6) is 0 Å². The number of halogens is 1. The number of ketones is 1. The summed E-state index contributed by atoms with van der Waals surface area (Å²) in [6.45, 7) is 4.22. The van der Waals surface area contributed by atoms with Crippen LogP contribution in [-0.2, 0) is 6.42 Å². The number of aromatic nitrogens is 1. The van der Waals surface area contributed by atoms with Crippen molar-refractivity contribution in [1.29, 1.82) is 0 Å². The first-order valence-corrected chi connectivity index (χ1v) is 10.7. The molecule has 0 saturated carbocycles. The number of carbonyl (C=O) groups excluding carboxylic acids is 1. The van der Waals surface area contributed by atoms with Gasteiger partial charge < -0.3 is 0 Å². The topological polar surface area (TPSA) is 50.4 Å². The fraction of sp³-hybridized carbons (Fsp3) is 0.429. The third kappa shape index (κ3) is 4.68. The SMILES string of the molecule is CBr.Cc1c(CCN=O)sc[n+]1C(C)C(=O)c1ccc[se]1. The molecule has 7 heteroatoms. The van der Waals surface area contributed by atoms with Crippen LogP contribution >= 0.6 is 27.3 Å². The van der Waals surface area contributed by atoms with Crippen molar-refractivity contribution >= 4 is 47.6 Å². The van der Waals surface area contributed by atoms with Crippen LogP contribution in [0.25, 0.3) is 0 Å². The Labute approximate surface area is 143 Å². The first-order chi connectivity index (χ1) is 10.1. The van der Waals surface area contributed by atoms with Gasteiger partial charge in [-0.25, -0.2) is 0 Å². The van der Waals surface area contributed by atoms with E-state index in [0.717, 1.165) is 15.0 Å². The average Bonchev–Trinajstić information content (AvgIpc) is 3.16. The van der Waals surface area contributed by atoms with E-state index < -0.39 is 0 Å². The molecule has 2 rings (SSSR count).